The number of hydrogen-bond acceptors (Lipinski definition) is 4. The molecule has 1 unspecified atom stereocenters. The third-order valence-electron chi connectivity index (χ3n) is 2.75. The summed E-state index contributed by atoms with van der Waals surface area (Å²) < 4.78 is 5.23. The fraction of sp³-hybridized carbons (Fsp3) is 0.615. The Labute approximate surface area is 108 Å². The second-order valence-electron chi connectivity index (χ2n) is 4.69. The van der Waals surface area contributed by atoms with Gasteiger partial charge in [-0.2, -0.15) is 0 Å². The van der Waals surface area contributed by atoms with E-state index in [1.165, 1.54) is 6.07 Å². The Bertz CT molecular complexity index is 374. The molecule has 2 N–H and O–H groups in total. The molecule has 1 rings (SSSR count). The van der Waals surface area contributed by atoms with Crippen molar-refractivity contribution in [3.63, 3.8) is 0 Å². The van der Waals surface area contributed by atoms with Crippen LogP contribution < -0.4 is 5.32 Å². The van der Waals surface area contributed by atoms with E-state index in [4.69, 9.17) is 9.52 Å². The van der Waals surface area contributed by atoms with E-state index < -0.39 is 5.97 Å². The zero-order valence-electron chi connectivity index (χ0n) is 11.3. The van der Waals surface area contributed by atoms with Crippen LogP contribution in [0.1, 0.15) is 42.1 Å². The molecule has 0 spiro atoms. The average Bonchev–Trinajstić information content (AvgIpc) is 2.77. The first-order valence-corrected chi connectivity index (χ1v) is 6.22. The van der Waals surface area contributed by atoms with Gasteiger partial charge in [0, 0.05) is 0 Å². The molecule has 0 amide bonds. The molecule has 0 aliphatic heterocycles. The molecule has 0 radical (unpaired) electrons. The molecule has 0 aliphatic carbocycles. The van der Waals surface area contributed by atoms with Gasteiger partial charge in [-0.1, -0.05) is 0 Å². The normalized spacial score (nSPS) is 12.9. The van der Waals surface area contributed by atoms with Crippen LogP contribution in [0.25, 0.3) is 0 Å². The first-order chi connectivity index (χ1) is 8.50. The number of aromatic carboxylic acids is 1. The molecule has 5 heteroatoms. The quantitative estimate of drug-likeness (QED) is 0.694. The van der Waals surface area contributed by atoms with Gasteiger partial charge in [-0.05, 0) is 59.1 Å². The van der Waals surface area contributed by atoms with Crippen molar-refractivity contribution >= 4 is 5.97 Å². The van der Waals surface area contributed by atoms with E-state index in [1.54, 1.807) is 6.07 Å². The Balaban J connectivity index is 2.27. The lowest BCUT2D eigenvalue weighted by Crippen LogP contribution is -2.21. The predicted molar refractivity (Wildman–Crippen MR) is 69.9 cm³/mol. The molecule has 0 saturated heterocycles. The molecule has 0 aromatic carbocycles. The summed E-state index contributed by atoms with van der Waals surface area (Å²) in [6.07, 6.45) is 2.24. The van der Waals surface area contributed by atoms with Gasteiger partial charge >= 0.3 is 5.97 Å². The Morgan fingerprint density at radius 1 is 1.44 bits per heavy atom. The van der Waals surface area contributed by atoms with Crippen molar-refractivity contribution in [2.75, 3.05) is 27.2 Å². The van der Waals surface area contributed by atoms with Crippen LogP contribution in [0.4, 0.5) is 0 Å². The summed E-state index contributed by atoms with van der Waals surface area (Å²) in [6, 6.07) is 3.24. The van der Waals surface area contributed by atoms with Crippen LogP contribution in [0.15, 0.2) is 16.5 Å². The number of nitrogens with zero attached hydrogens (tertiary/aromatic N) is 1. The van der Waals surface area contributed by atoms with Crippen molar-refractivity contribution in [2.45, 2.75) is 25.8 Å². The minimum Gasteiger partial charge on any atom is -0.475 e. The van der Waals surface area contributed by atoms with E-state index in [1.807, 2.05) is 6.92 Å². The van der Waals surface area contributed by atoms with E-state index in [0.29, 0.717) is 5.76 Å². The number of carboxylic acid groups (broad SMARTS) is 1. The van der Waals surface area contributed by atoms with Gasteiger partial charge in [0.2, 0.25) is 5.76 Å². The van der Waals surface area contributed by atoms with E-state index in [9.17, 15) is 4.79 Å². The highest BCUT2D eigenvalue weighted by Crippen LogP contribution is 2.16. The molecule has 102 valence electrons. The molecular formula is C13H22N2O3. The maximum Gasteiger partial charge on any atom is 0.371 e. The van der Waals surface area contributed by atoms with Crippen molar-refractivity contribution < 1.29 is 14.3 Å². The van der Waals surface area contributed by atoms with Crippen LogP contribution in [0.2, 0.25) is 0 Å². The Morgan fingerprint density at radius 2 is 2.17 bits per heavy atom. The number of unbranched alkanes of at least 4 members (excludes halogenated alkanes) is 1. The van der Waals surface area contributed by atoms with E-state index in [2.05, 4.69) is 24.3 Å². The molecule has 0 fully saturated rings. The van der Waals surface area contributed by atoms with E-state index in [-0.39, 0.29) is 11.8 Å². The third-order valence-corrected chi connectivity index (χ3v) is 2.75. The van der Waals surface area contributed by atoms with Gasteiger partial charge in [-0.25, -0.2) is 4.79 Å². The minimum absolute atomic E-state index is 0.00809. The summed E-state index contributed by atoms with van der Waals surface area (Å²) in [6.45, 7) is 3.95. The largest absolute Gasteiger partial charge is 0.475 e. The molecule has 0 bridgehead atoms. The van der Waals surface area contributed by atoms with Crippen LogP contribution in [0, 0.1) is 0 Å². The topological polar surface area (TPSA) is 65.7 Å². The molecule has 1 aromatic heterocycles. The van der Waals surface area contributed by atoms with Crippen molar-refractivity contribution in [3.8, 4) is 0 Å². The van der Waals surface area contributed by atoms with Gasteiger partial charge in [-0.3, -0.25) is 0 Å². The molecule has 18 heavy (non-hydrogen) atoms. The number of carboxylic acids is 1. The van der Waals surface area contributed by atoms with Crippen molar-refractivity contribution in [2.24, 2.45) is 0 Å². The number of hydrogen-bond donors (Lipinski definition) is 2. The highest BCUT2D eigenvalue weighted by molar-refractivity contribution is 5.84. The van der Waals surface area contributed by atoms with Gasteiger partial charge in [0.1, 0.15) is 5.76 Å². The van der Waals surface area contributed by atoms with E-state index in [0.717, 1.165) is 25.9 Å². The molecule has 5 nitrogen and oxygen atoms in total. The van der Waals surface area contributed by atoms with Crippen molar-refractivity contribution in [1.29, 1.82) is 0 Å². The predicted octanol–water partition coefficient (Wildman–Crippen LogP) is 1.97. The molecule has 1 heterocycles. The lowest BCUT2D eigenvalue weighted by atomic mass is 10.2. The number of furan rings is 1. The molecule has 1 atom stereocenters. The van der Waals surface area contributed by atoms with Crippen LogP contribution in [0.5, 0.6) is 0 Å². The van der Waals surface area contributed by atoms with Crippen molar-refractivity contribution in [1.82, 2.24) is 10.2 Å². The summed E-state index contributed by atoms with van der Waals surface area (Å²) >= 11 is 0. The van der Waals surface area contributed by atoms with Gasteiger partial charge in [0.05, 0.1) is 6.04 Å². The second kappa shape index (κ2) is 7.18. The van der Waals surface area contributed by atoms with E-state index >= 15 is 0 Å². The van der Waals surface area contributed by atoms with Crippen LogP contribution >= 0.6 is 0 Å². The Hall–Kier alpha value is -1.33. The zero-order valence-corrected chi connectivity index (χ0v) is 11.3. The summed E-state index contributed by atoms with van der Waals surface area (Å²) in [4.78, 5) is 12.8. The Morgan fingerprint density at radius 3 is 2.72 bits per heavy atom. The first kappa shape index (κ1) is 14.7. The van der Waals surface area contributed by atoms with Crippen molar-refractivity contribution in [3.05, 3.63) is 23.7 Å². The summed E-state index contributed by atoms with van der Waals surface area (Å²) in [7, 11) is 4.12. The first-order valence-electron chi connectivity index (χ1n) is 6.22. The lowest BCUT2D eigenvalue weighted by Gasteiger charge is -2.12. The van der Waals surface area contributed by atoms with Gasteiger partial charge < -0.3 is 19.7 Å². The SMILES string of the molecule is CC(NCCCCN(C)C)c1ccc(C(=O)O)o1. The number of carbonyl (C=O) groups is 1. The van der Waals surface area contributed by atoms with Crippen LogP contribution in [-0.4, -0.2) is 43.2 Å². The monoisotopic (exact) mass is 254 g/mol. The highest BCUT2D eigenvalue weighted by Gasteiger charge is 2.13. The average molecular weight is 254 g/mol. The van der Waals surface area contributed by atoms with Crippen LogP contribution in [0.3, 0.4) is 0 Å². The molecular weight excluding hydrogens is 232 g/mol. The van der Waals surface area contributed by atoms with Gasteiger partial charge in [-0.15, -0.1) is 0 Å². The summed E-state index contributed by atoms with van der Waals surface area (Å²) in [5.41, 5.74) is 0. The van der Waals surface area contributed by atoms with Gasteiger partial charge in [0.15, 0.2) is 0 Å². The fourth-order valence-corrected chi connectivity index (χ4v) is 1.67. The lowest BCUT2D eigenvalue weighted by molar-refractivity contribution is 0.0659. The summed E-state index contributed by atoms with van der Waals surface area (Å²) in [5.74, 6) is -0.370. The minimum atomic E-state index is -1.03. The smallest absolute Gasteiger partial charge is 0.371 e. The molecule has 1 aromatic rings. The number of rotatable bonds is 8. The fourth-order valence-electron chi connectivity index (χ4n) is 1.67. The molecule has 0 aliphatic rings. The third kappa shape index (κ3) is 4.89. The highest BCUT2D eigenvalue weighted by atomic mass is 16.4. The number of nitrogens with one attached hydrogen (secondary N) is 1. The second-order valence-corrected chi connectivity index (χ2v) is 4.69. The summed E-state index contributed by atoms with van der Waals surface area (Å²) in [5, 5.41) is 12.1. The maximum atomic E-state index is 10.7. The van der Waals surface area contributed by atoms with Crippen LogP contribution in [-0.2, 0) is 0 Å². The standard InChI is InChI=1S/C13H22N2O3/c1-10(14-8-4-5-9-15(2)3)11-6-7-12(18-11)13(16)17/h6-7,10,14H,4-5,8-9H2,1-3H3,(H,16,17). The van der Waals surface area contributed by atoms with Gasteiger partial charge in [0.25, 0.3) is 0 Å². The maximum absolute atomic E-state index is 10.7. The molecule has 0 saturated carbocycles. The zero-order chi connectivity index (χ0) is 13.5. The Kier molecular flexibility index (Phi) is 5.88.